The summed E-state index contributed by atoms with van der Waals surface area (Å²) in [6, 6.07) is 11.1. The van der Waals surface area contributed by atoms with Crippen molar-refractivity contribution in [2.75, 3.05) is 0 Å². The SMILES string of the molecule is C=C/C(F)=C(\C=C)c1nc(-c2cc(CF)nc3ccccc23)nc2c1CCC1C(C)C(O)=C(C#N)CC21.CC. The lowest BCUT2D eigenvalue weighted by atomic mass is 9.65. The van der Waals surface area contributed by atoms with Crippen molar-refractivity contribution in [2.45, 2.75) is 52.6 Å². The highest BCUT2D eigenvalue weighted by atomic mass is 19.1. The number of rotatable bonds is 5. The highest BCUT2D eigenvalue weighted by Crippen LogP contribution is 2.50. The minimum Gasteiger partial charge on any atom is -0.511 e. The van der Waals surface area contributed by atoms with Crippen LogP contribution in [0.15, 0.2) is 72.8 Å². The van der Waals surface area contributed by atoms with E-state index in [4.69, 9.17) is 9.97 Å². The number of para-hydroxylation sites is 1. The molecule has 3 aromatic rings. The number of hydrogen-bond donors (Lipinski definition) is 1. The zero-order valence-corrected chi connectivity index (χ0v) is 22.5. The topological polar surface area (TPSA) is 82.7 Å². The van der Waals surface area contributed by atoms with Gasteiger partial charge in [-0.3, -0.25) is 0 Å². The summed E-state index contributed by atoms with van der Waals surface area (Å²) in [6.07, 6.45) is 4.20. The maximum absolute atomic E-state index is 15.0. The molecule has 0 radical (unpaired) electrons. The summed E-state index contributed by atoms with van der Waals surface area (Å²) in [5.41, 5.74) is 3.93. The third-order valence-corrected chi connectivity index (χ3v) is 7.62. The molecular weight excluding hydrogens is 494 g/mol. The molecule has 200 valence electrons. The Kier molecular flexibility index (Phi) is 8.35. The molecule has 5 nitrogen and oxygen atoms in total. The van der Waals surface area contributed by atoms with Crippen LogP contribution in [0.5, 0.6) is 0 Å². The van der Waals surface area contributed by atoms with E-state index in [1.807, 2.05) is 39.0 Å². The molecule has 0 spiro atoms. The van der Waals surface area contributed by atoms with Gasteiger partial charge in [-0.15, -0.1) is 0 Å². The quantitative estimate of drug-likeness (QED) is 0.338. The number of alkyl halides is 1. The van der Waals surface area contributed by atoms with E-state index in [1.54, 1.807) is 12.1 Å². The van der Waals surface area contributed by atoms with Crippen LogP contribution >= 0.6 is 0 Å². The van der Waals surface area contributed by atoms with E-state index < -0.39 is 12.5 Å². The predicted molar refractivity (Wildman–Crippen MR) is 151 cm³/mol. The number of allylic oxidation sites excluding steroid dienone is 6. The first-order valence-electron chi connectivity index (χ1n) is 13.2. The second-order valence-electron chi connectivity index (χ2n) is 9.52. The van der Waals surface area contributed by atoms with Gasteiger partial charge in [0.25, 0.3) is 0 Å². The van der Waals surface area contributed by atoms with Crippen molar-refractivity contribution in [2.24, 2.45) is 11.8 Å². The average molecular weight is 527 g/mol. The monoisotopic (exact) mass is 526 g/mol. The Labute approximate surface area is 228 Å². The fraction of sp³-hybridized carbons (Fsp3) is 0.312. The fourth-order valence-corrected chi connectivity index (χ4v) is 5.77. The van der Waals surface area contributed by atoms with Gasteiger partial charge in [0.1, 0.15) is 18.3 Å². The number of halogens is 2. The largest absolute Gasteiger partial charge is 0.511 e. The highest BCUT2D eigenvalue weighted by Gasteiger charge is 2.42. The van der Waals surface area contributed by atoms with Gasteiger partial charge >= 0.3 is 0 Å². The highest BCUT2D eigenvalue weighted by molar-refractivity contribution is 5.93. The van der Waals surface area contributed by atoms with Crippen LogP contribution in [0.3, 0.4) is 0 Å². The third kappa shape index (κ3) is 4.87. The van der Waals surface area contributed by atoms with E-state index in [-0.39, 0.29) is 34.8 Å². The first kappa shape index (κ1) is 27.8. The molecule has 39 heavy (non-hydrogen) atoms. The van der Waals surface area contributed by atoms with E-state index in [0.717, 1.165) is 29.1 Å². The Balaban J connectivity index is 0.00000172. The summed E-state index contributed by atoms with van der Waals surface area (Å²) in [5, 5.41) is 21.1. The minimum atomic E-state index is -0.754. The molecule has 1 aromatic carbocycles. The van der Waals surface area contributed by atoms with Gasteiger partial charge < -0.3 is 5.11 Å². The molecule has 2 aliphatic rings. The maximum atomic E-state index is 15.0. The lowest BCUT2D eigenvalue weighted by Gasteiger charge is -2.40. The number of pyridine rings is 1. The Morgan fingerprint density at radius 2 is 1.92 bits per heavy atom. The molecule has 0 saturated carbocycles. The average Bonchev–Trinajstić information content (AvgIpc) is 2.99. The van der Waals surface area contributed by atoms with Crippen LogP contribution in [-0.4, -0.2) is 20.1 Å². The van der Waals surface area contributed by atoms with Crippen molar-refractivity contribution in [1.82, 2.24) is 15.0 Å². The van der Waals surface area contributed by atoms with Crippen molar-refractivity contribution in [1.29, 1.82) is 5.26 Å². The summed E-state index contributed by atoms with van der Waals surface area (Å²) < 4.78 is 28.8. The van der Waals surface area contributed by atoms with Crippen LogP contribution in [0, 0.1) is 23.2 Å². The number of aromatic nitrogens is 3. The molecule has 5 rings (SSSR count). The van der Waals surface area contributed by atoms with Crippen molar-refractivity contribution in [3.8, 4) is 17.5 Å². The first-order chi connectivity index (χ1) is 18.9. The van der Waals surface area contributed by atoms with Gasteiger partial charge in [-0.2, -0.15) is 5.26 Å². The van der Waals surface area contributed by atoms with Gasteiger partial charge in [-0.25, -0.2) is 23.7 Å². The number of hydrogen-bond acceptors (Lipinski definition) is 5. The normalized spacial score (nSPS) is 20.6. The van der Waals surface area contributed by atoms with Crippen molar-refractivity contribution in [3.63, 3.8) is 0 Å². The number of nitrogens with zero attached hydrogens (tertiary/aromatic N) is 4. The number of aliphatic hydroxyl groups is 1. The van der Waals surface area contributed by atoms with Crippen LogP contribution in [0.2, 0.25) is 0 Å². The molecular formula is C32H32F2N4O. The lowest BCUT2D eigenvalue weighted by Crippen LogP contribution is -2.33. The standard InChI is InChI=1S/C30H26F2N4O.C2H6/c1-4-19(25(32)5-2)27-22-11-10-20-16(3)29(37)17(15-33)12-23(20)28(22)36-30(35-27)24-13-18(14-31)34-26-9-7-6-8-21(24)26;1-2/h4-9,13,16,20,23,37H,1-2,10-12,14H2,3H3;1-2H3/b25-19-;. The Bertz CT molecular complexity index is 1550. The van der Waals surface area contributed by atoms with E-state index in [0.29, 0.717) is 41.0 Å². The number of benzene rings is 1. The predicted octanol–water partition coefficient (Wildman–Crippen LogP) is 8.26. The zero-order valence-electron chi connectivity index (χ0n) is 22.5. The molecule has 2 aliphatic carbocycles. The van der Waals surface area contributed by atoms with Crippen LogP contribution in [0.1, 0.15) is 62.2 Å². The molecule has 3 unspecified atom stereocenters. The van der Waals surface area contributed by atoms with Gasteiger partial charge in [0.15, 0.2) is 5.82 Å². The van der Waals surface area contributed by atoms with Gasteiger partial charge in [0, 0.05) is 33.9 Å². The first-order valence-corrected chi connectivity index (χ1v) is 13.2. The van der Waals surface area contributed by atoms with E-state index in [9.17, 15) is 14.8 Å². The van der Waals surface area contributed by atoms with E-state index in [2.05, 4.69) is 24.2 Å². The molecule has 0 fully saturated rings. The van der Waals surface area contributed by atoms with Crippen LogP contribution in [0.4, 0.5) is 8.78 Å². The van der Waals surface area contributed by atoms with Gasteiger partial charge in [0.05, 0.1) is 34.2 Å². The second kappa shape index (κ2) is 11.7. The van der Waals surface area contributed by atoms with Gasteiger partial charge in [-0.05, 0) is 43.4 Å². The minimum absolute atomic E-state index is 0.0659. The maximum Gasteiger partial charge on any atom is 0.160 e. The zero-order chi connectivity index (χ0) is 28.3. The third-order valence-electron chi connectivity index (χ3n) is 7.62. The summed E-state index contributed by atoms with van der Waals surface area (Å²) in [4.78, 5) is 14.2. The van der Waals surface area contributed by atoms with Crippen LogP contribution in [0.25, 0.3) is 27.9 Å². The van der Waals surface area contributed by atoms with Gasteiger partial charge in [-0.1, -0.05) is 58.2 Å². The molecule has 7 heteroatoms. The summed E-state index contributed by atoms with van der Waals surface area (Å²) >= 11 is 0. The Morgan fingerprint density at radius 1 is 1.18 bits per heavy atom. The number of fused-ring (bicyclic) bond motifs is 4. The van der Waals surface area contributed by atoms with Crippen LogP contribution < -0.4 is 0 Å². The van der Waals surface area contributed by atoms with E-state index in [1.165, 1.54) is 6.08 Å². The molecule has 2 aromatic heterocycles. The summed E-state index contributed by atoms with van der Waals surface area (Å²) in [5.74, 6) is -0.391. The number of nitriles is 1. The molecule has 1 N–H and O–H groups in total. The molecule has 0 aliphatic heterocycles. The molecule has 2 heterocycles. The second-order valence-corrected chi connectivity index (χ2v) is 9.52. The van der Waals surface area contributed by atoms with Crippen LogP contribution in [-0.2, 0) is 13.1 Å². The Hall–Kier alpha value is -4.18. The molecule has 3 atom stereocenters. The number of aliphatic hydroxyl groups excluding tert-OH is 1. The molecule has 0 amide bonds. The molecule has 0 bridgehead atoms. The Morgan fingerprint density at radius 3 is 2.59 bits per heavy atom. The summed E-state index contributed by atoms with van der Waals surface area (Å²) in [7, 11) is 0. The lowest BCUT2D eigenvalue weighted by molar-refractivity contribution is 0.198. The molecule has 0 saturated heterocycles. The summed E-state index contributed by atoms with van der Waals surface area (Å²) in [6.45, 7) is 12.6. The van der Waals surface area contributed by atoms with Crippen molar-refractivity contribution < 1.29 is 13.9 Å². The fourth-order valence-electron chi connectivity index (χ4n) is 5.77. The smallest absolute Gasteiger partial charge is 0.160 e. The van der Waals surface area contributed by atoms with Crippen molar-refractivity contribution in [3.05, 3.63) is 95.4 Å². The van der Waals surface area contributed by atoms with Gasteiger partial charge in [0.2, 0.25) is 0 Å². The van der Waals surface area contributed by atoms with Crippen molar-refractivity contribution >= 4 is 16.5 Å². The van der Waals surface area contributed by atoms with E-state index >= 15 is 4.39 Å².